The second-order valence-electron chi connectivity index (χ2n) is 23.2. The number of likely N-dealkylation sites (tertiary alicyclic amines) is 2. The van der Waals surface area contributed by atoms with E-state index in [-0.39, 0.29) is 64.3 Å². The van der Waals surface area contributed by atoms with E-state index in [0.29, 0.717) is 84.8 Å². The molecule has 0 radical (unpaired) electrons. The fourth-order valence-electron chi connectivity index (χ4n) is 13.0. The minimum absolute atomic E-state index is 0.00515. The van der Waals surface area contributed by atoms with Crippen LogP contribution in [0.25, 0.3) is 32.9 Å². The number of aromatic nitrogens is 3. The van der Waals surface area contributed by atoms with E-state index in [0.717, 1.165) is 90.9 Å². The molecule has 14 nitrogen and oxygen atoms in total. The zero-order valence-corrected chi connectivity index (χ0v) is 43.4. The van der Waals surface area contributed by atoms with Crippen LogP contribution in [-0.4, -0.2) is 148 Å². The summed E-state index contributed by atoms with van der Waals surface area (Å²) in [4.78, 5) is 49.8. The van der Waals surface area contributed by atoms with Gasteiger partial charge in [0.2, 0.25) is 11.8 Å². The van der Waals surface area contributed by atoms with Crippen molar-refractivity contribution in [3.8, 4) is 23.0 Å². The number of phenolic OH excluding ortho intramolecular Hbond substituents is 1. The van der Waals surface area contributed by atoms with Crippen molar-refractivity contribution in [2.75, 3.05) is 94.9 Å². The van der Waals surface area contributed by atoms with E-state index in [1.165, 1.54) is 36.5 Å². The molecule has 6 aliphatic rings. The topological polar surface area (TPSA) is 151 Å². The monoisotopic (exact) mass is 1040 g/mol. The van der Waals surface area contributed by atoms with Crippen LogP contribution in [-0.2, 0) is 16.0 Å². The summed E-state index contributed by atoms with van der Waals surface area (Å²) in [7, 11) is 0. The third-order valence-electron chi connectivity index (χ3n) is 17.5. The van der Waals surface area contributed by atoms with Crippen LogP contribution in [0.2, 0.25) is 0 Å². The molecule has 5 aliphatic heterocycles. The van der Waals surface area contributed by atoms with E-state index in [9.17, 15) is 19.8 Å². The van der Waals surface area contributed by atoms with Gasteiger partial charge in [-0.15, -0.1) is 0 Å². The van der Waals surface area contributed by atoms with Crippen LogP contribution in [0.15, 0.2) is 42.6 Å². The number of amides is 2. The van der Waals surface area contributed by atoms with E-state index >= 15 is 17.6 Å². The number of aliphatic hydroxyl groups is 1. The maximum absolute atomic E-state index is 17.2. The van der Waals surface area contributed by atoms with Crippen molar-refractivity contribution in [1.29, 1.82) is 0 Å². The number of phenols is 1. The highest BCUT2D eigenvalue weighted by Crippen LogP contribution is 2.48. The van der Waals surface area contributed by atoms with E-state index in [1.807, 2.05) is 16.7 Å². The lowest BCUT2D eigenvalue weighted by Gasteiger charge is -2.46. The molecule has 75 heavy (non-hydrogen) atoms. The average Bonchev–Trinajstić information content (AvgIpc) is 4.16. The van der Waals surface area contributed by atoms with Gasteiger partial charge in [0, 0.05) is 93.2 Å². The molecule has 2 aromatic heterocycles. The largest absolute Gasteiger partial charge is 0.508 e. The smallest absolute Gasteiger partial charge is 0.319 e. The van der Waals surface area contributed by atoms with Gasteiger partial charge in [-0.25, -0.2) is 17.6 Å². The van der Waals surface area contributed by atoms with Crippen LogP contribution >= 0.6 is 0 Å². The maximum Gasteiger partial charge on any atom is 0.319 e. The molecule has 1 saturated carbocycles. The molecule has 6 fully saturated rings. The van der Waals surface area contributed by atoms with E-state index < -0.39 is 46.6 Å². The number of anilines is 2. The molecule has 3 N–H and O–H groups in total. The number of nitrogens with one attached hydrogen (secondary N) is 1. The van der Waals surface area contributed by atoms with Gasteiger partial charge in [0.25, 0.3) is 0 Å². The first-order valence-electron chi connectivity index (χ1n) is 27.1. The molecule has 400 valence electrons. The Kier molecular flexibility index (Phi) is 14.0. The third-order valence-corrected chi connectivity index (χ3v) is 17.5. The van der Waals surface area contributed by atoms with Crippen molar-refractivity contribution in [2.45, 2.75) is 109 Å². The maximum atomic E-state index is 17.2. The number of hydrogen-bond acceptors (Lipinski definition) is 13. The summed E-state index contributed by atoms with van der Waals surface area (Å²) in [6.45, 7) is 16.2. The van der Waals surface area contributed by atoms with Gasteiger partial charge in [-0.05, 0) is 149 Å². The number of imide groups is 1. The number of carbonyl (C=O) groups is 2. The summed E-state index contributed by atoms with van der Waals surface area (Å²) in [6.07, 6.45) is 9.71. The molecular weight excluding hydrogens is 967 g/mol. The highest BCUT2D eigenvalue weighted by atomic mass is 19.1. The van der Waals surface area contributed by atoms with E-state index in [1.54, 1.807) is 13.0 Å². The molecule has 3 aromatic carbocycles. The minimum atomic E-state index is -1.01. The number of β-amino-alcohol motifs (C(OH)–C–C–N with tert-alkyl or cyclic N) is 1. The van der Waals surface area contributed by atoms with Crippen molar-refractivity contribution in [3.63, 3.8) is 0 Å². The van der Waals surface area contributed by atoms with Gasteiger partial charge >= 0.3 is 6.01 Å². The Labute approximate surface area is 435 Å². The minimum Gasteiger partial charge on any atom is -0.508 e. The lowest BCUT2D eigenvalue weighted by atomic mass is 9.79. The number of piperidine rings is 4. The summed E-state index contributed by atoms with van der Waals surface area (Å²) < 4.78 is 69.5. The molecule has 1 unspecified atom stereocenters. The number of halogens is 4. The van der Waals surface area contributed by atoms with Crippen LogP contribution in [0.1, 0.15) is 102 Å². The quantitative estimate of drug-likeness (QED) is 0.0771. The molecule has 5 saturated heterocycles. The van der Waals surface area contributed by atoms with Crippen molar-refractivity contribution >= 4 is 45.0 Å². The Morgan fingerprint density at radius 2 is 1.52 bits per heavy atom. The molecule has 2 amide bonds. The number of aryl methyl sites for hydroxylation is 1. The number of aromatic hydroxyl groups is 1. The summed E-state index contributed by atoms with van der Waals surface area (Å²) in [5, 5.41) is 25.5. The lowest BCUT2D eigenvalue weighted by molar-refractivity contribution is -0.134. The molecule has 0 bridgehead atoms. The van der Waals surface area contributed by atoms with Gasteiger partial charge in [0.1, 0.15) is 40.2 Å². The lowest BCUT2D eigenvalue weighted by Crippen LogP contribution is -2.54. The molecule has 0 spiro atoms. The fraction of sp³-hybridized carbons (Fsp3) is 0.561. The number of rotatable bonds is 13. The van der Waals surface area contributed by atoms with Crippen molar-refractivity contribution in [2.24, 2.45) is 10.8 Å². The number of nitrogens with zero attached hydrogens (tertiary/aromatic N) is 8. The van der Waals surface area contributed by atoms with Crippen molar-refractivity contribution < 1.29 is 42.1 Å². The number of piperazine rings is 1. The van der Waals surface area contributed by atoms with Crippen molar-refractivity contribution in [1.82, 2.24) is 35.0 Å². The Morgan fingerprint density at radius 1 is 0.800 bits per heavy atom. The zero-order valence-electron chi connectivity index (χ0n) is 43.4. The highest BCUT2D eigenvalue weighted by Gasteiger charge is 2.47. The first kappa shape index (κ1) is 51.4. The fourth-order valence-corrected chi connectivity index (χ4v) is 13.0. The second-order valence-corrected chi connectivity index (χ2v) is 23.2. The summed E-state index contributed by atoms with van der Waals surface area (Å²) in [6, 6.07) is 9.06. The molecule has 7 heterocycles. The van der Waals surface area contributed by atoms with Gasteiger partial charge in [-0.1, -0.05) is 19.9 Å². The van der Waals surface area contributed by atoms with Gasteiger partial charge in [0.15, 0.2) is 5.82 Å². The first-order valence-corrected chi connectivity index (χ1v) is 27.1. The average molecular weight is 1040 g/mol. The summed E-state index contributed by atoms with van der Waals surface area (Å²) in [5.74, 6) is -4.39. The summed E-state index contributed by atoms with van der Waals surface area (Å²) in [5.41, 5.74) is -0.0292. The van der Waals surface area contributed by atoms with Crippen LogP contribution in [0.4, 0.5) is 29.1 Å². The number of fused-ring (bicyclic) bond motifs is 2. The number of hydrogen-bond donors (Lipinski definition) is 3. The predicted molar refractivity (Wildman–Crippen MR) is 279 cm³/mol. The zero-order chi connectivity index (χ0) is 52.4. The Hall–Kier alpha value is -5.69. The number of ether oxygens (including phenoxy) is 1. The number of benzene rings is 3. The molecule has 2 atom stereocenters. The van der Waals surface area contributed by atoms with Gasteiger partial charge < -0.3 is 34.5 Å². The number of carbonyl (C=O) groups excluding carboxylic acids is 2. The standard InChI is InChI=1S/C57H69F4N9O5/c1-4-39-43(58)8-6-35-26-38(71)29-41(47(35)39)50-49(61)51-42(30-62-50)52(70-17-5-12-56(3,74)32-70)65-54(64-51)75-34-57(13-14-57)33-67-20-15-55(2,16-21-67)31-66-18-10-36(11-19-66)68-22-24-69(25-23-68)37-27-44(59)48(45(60)28-37)40-7-9-46(72)63-53(40)73/h6,8,26-30,36,40,71,74H,4-5,7,9-25,31-34H2,1-3H3,(H,63,72,73)/t40?,56-/m1/s1. The molecule has 1 aliphatic carbocycles. The van der Waals surface area contributed by atoms with Crippen molar-refractivity contribution in [3.05, 3.63) is 77.0 Å². The predicted octanol–water partition coefficient (Wildman–Crippen LogP) is 8.09. The van der Waals surface area contributed by atoms with Crippen LogP contribution < -0.4 is 19.9 Å². The number of pyridine rings is 1. The van der Waals surface area contributed by atoms with Crippen LogP contribution in [0.3, 0.4) is 0 Å². The van der Waals surface area contributed by atoms with Gasteiger partial charge in [-0.2, -0.15) is 9.97 Å². The Balaban J connectivity index is 0.696. The molecule has 5 aromatic rings. The Bertz CT molecular complexity index is 2980. The molecule has 11 rings (SSSR count). The summed E-state index contributed by atoms with van der Waals surface area (Å²) >= 11 is 0. The van der Waals surface area contributed by atoms with Crippen LogP contribution in [0.5, 0.6) is 11.8 Å². The van der Waals surface area contributed by atoms with Crippen LogP contribution in [0, 0.1) is 34.1 Å². The molecular formula is C57H69F4N9O5. The SMILES string of the molecule is CCc1c(F)ccc2cc(O)cc(-c3ncc4c(N5CCC[C@@](C)(O)C5)nc(OCC5(CN6CCC(C)(CN7CCC(N8CCN(c9cc(F)c(C%10CCC(=O)NC%10=O)c(F)c9)CC8)CC7)CC6)CC5)nc4c3F)c12. The Morgan fingerprint density at radius 3 is 2.20 bits per heavy atom. The molecule has 18 heteroatoms. The van der Waals surface area contributed by atoms with E-state index in [2.05, 4.69) is 31.9 Å². The third kappa shape index (κ3) is 10.6. The highest BCUT2D eigenvalue weighted by molar-refractivity contribution is 6.02. The van der Waals surface area contributed by atoms with E-state index in [4.69, 9.17) is 14.7 Å². The van der Waals surface area contributed by atoms with Gasteiger partial charge in [-0.3, -0.25) is 24.8 Å². The second kappa shape index (κ2) is 20.4. The normalized spacial score (nSPS) is 24.0. The van der Waals surface area contributed by atoms with Gasteiger partial charge in [0.05, 0.1) is 23.5 Å². The first-order chi connectivity index (χ1) is 36.0.